The minimum absolute atomic E-state index is 0.0474. The number of rotatable bonds is 7. The van der Waals surface area contributed by atoms with Crippen LogP contribution in [0, 0.1) is 5.82 Å². The number of imidazole rings is 1. The first-order chi connectivity index (χ1) is 17.1. The molecule has 0 saturated heterocycles. The van der Waals surface area contributed by atoms with E-state index >= 15 is 0 Å². The van der Waals surface area contributed by atoms with E-state index in [4.69, 9.17) is 4.98 Å². The van der Waals surface area contributed by atoms with Crippen LogP contribution < -0.4 is 10.2 Å². The van der Waals surface area contributed by atoms with Crippen molar-refractivity contribution in [1.29, 1.82) is 0 Å². The van der Waals surface area contributed by atoms with Crippen LogP contribution in [0.4, 0.5) is 10.1 Å². The van der Waals surface area contributed by atoms with Gasteiger partial charge in [-0.25, -0.2) is 9.37 Å². The highest BCUT2D eigenvalue weighted by Crippen LogP contribution is 2.27. The first-order valence-electron chi connectivity index (χ1n) is 12.0. The average molecular weight is 471 g/mol. The third-order valence-corrected chi connectivity index (χ3v) is 6.41. The average Bonchev–Trinajstić information content (AvgIpc) is 3.23. The van der Waals surface area contributed by atoms with E-state index in [2.05, 4.69) is 11.4 Å². The maximum absolute atomic E-state index is 13.4. The maximum Gasteiger partial charge on any atom is 0.251 e. The number of para-hydroxylation sites is 3. The fourth-order valence-corrected chi connectivity index (χ4v) is 4.66. The number of anilines is 1. The molecule has 7 heteroatoms. The van der Waals surface area contributed by atoms with E-state index in [-0.39, 0.29) is 24.2 Å². The molecular formula is C28H27FN4O2. The molecule has 4 aromatic rings. The van der Waals surface area contributed by atoms with Gasteiger partial charge in [0.05, 0.1) is 11.0 Å². The minimum atomic E-state index is -0.372. The van der Waals surface area contributed by atoms with Gasteiger partial charge in [0.2, 0.25) is 5.91 Å². The highest BCUT2D eigenvalue weighted by molar-refractivity contribution is 5.95. The number of hydrogen-bond donors (Lipinski definition) is 1. The van der Waals surface area contributed by atoms with Gasteiger partial charge in [-0.1, -0.05) is 30.3 Å². The molecule has 6 nitrogen and oxygen atoms in total. The Morgan fingerprint density at radius 3 is 2.60 bits per heavy atom. The number of fused-ring (bicyclic) bond motifs is 2. The molecule has 0 unspecified atom stereocenters. The number of nitrogens with zero attached hydrogens (tertiary/aromatic N) is 3. The first kappa shape index (κ1) is 22.8. The number of aryl methyl sites for hydroxylation is 2. The minimum Gasteiger partial charge on any atom is -0.352 e. The molecule has 178 valence electrons. The summed E-state index contributed by atoms with van der Waals surface area (Å²) < 4.78 is 15.1. The molecule has 0 fully saturated rings. The molecule has 0 saturated carbocycles. The van der Waals surface area contributed by atoms with Crippen molar-refractivity contribution in [2.45, 2.75) is 32.2 Å². The number of aromatic nitrogens is 2. The summed E-state index contributed by atoms with van der Waals surface area (Å²) in [5.74, 6) is 0.257. The topological polar surface area (TPSA) is 67.2 Å². The predicted octanol–water partition coefficient (Wildman–Crippen LogP) is 4.52. The highest BCUT2D eigenvalue weighted by atomic mass is 19.1. The number of benzene rings is 3. The van der Waals surface area contributed by atoms with Crippen molar-refractivity contribution < 1.29 is 14.0 Å². The van der Waals surface area contributed by atoms with E-state index in [9.17, 15) is 14.0 Å². The van der Waals surface area contributed by atoms with E-state index in [1.165, 1.54) is 29.8 Å². The zero-order chi connectivity index (χ0) is 24.2. The molecule has 0 radical (unpaired) electrons. The zero-order valence-electron chi connectivity index (χ0n) is 19.4. The van der Waals surface area contributed by atoms with E-state index in [0.717, 1.165) is 35.4 Å². The van der Waals surface area contributed by atoms with Crippen molar-refractivity contribution in [1.82, 2.24) is 14.9 Å². The lowest BCUT2D eigenvalue weighted by atomic mass is 10.0. The number of carbonyl (C=O) groups excluding carboxylic acids is 2. The van der Waals surface area contributed by atoms with Crippen molar-refractivity contribution in [3.63, 3.8) is 0 Å². The summed E-state index contributed by atoms with van der Waals surface area (Å²) in [5.41, 5.74) is 4.41. The summed E-state index contributed by atoms with van der Waals surface area (Å²) >= 11 is 0. The molecule has 0 spiro atoms. The van der Waals surface area contributed by atoms with Crippen LogP contribution in [-0.4, -0.2) is 34.5 Å². The van der Waals surface area contributed by atoms with Crippen molar-refractivity contribution in [3.8, 4) is 0 Å². The second-order valence-electron chi connectivity index (χ2n) is 8.75. The van der Waals surface area contributed by atoms with Crippen molar-refractivity contribution in [2.75, 3.05) is 18.0 Å². The molecule has 0 aliphatic carbocycles. The Hall–Kier alpha value is -4.00. The Kier molecular flexibility index (Phi) is 6.57. The van der Waals surface area contributed by atoms with Crippen LogP contribution in [-0.2, 0) is 24.2 Å². The fourth-order valence-electron chi connectivity index (χ4n) is 4.66. The molecule has 2 amide bonds. The molecule has 5 rings (SSSR count). The van der Waals surface area contributed by atoms with Crippen LogP contribution in [0.15, 0.2) is 72.8 Å². The lowest BCUT2D eigenvalue weighted by Crippen LogP contribution is -2.38. The van der Waals surface area contributed by atoms with Crippen LogP contribution in [0.1, 0.15) is 34.6 Å². The Morgan fingerprint density at radius 2 is 1.74 bits per heavy atom. The van der Waals surface area contributed by atoms with Crippen molar-refractivity contribution in [3.05, 3.63) is 95.6 Å². The zero-order valence-corrected chi connectivity index (χ0v) is 19.4. The molecule has 3 aromatic carbocycles. The predicted molar refractivity (Wildman–Crippen MR) is 134 cm³/mol. The van der Waals surface area contributed by atoms with Gasteiger partial charge in [0.25, 0.3) is 5.91 Å². The van der Waals surface area contributed by atoms with E-state index in [0.29, 0.717) is 31.5 Å². The fraction of sp³-hybridized carbons (Fsp3) is 0.250. The molecule has 1 aromatic heterocycles. The van der Waals surface area contributed by atoms with E-state index in [1.54, 1.807) is 0 Å². The summed E-state index contributed by atoms with van der Waals surface area (Å²) in [6.45, 7) is 1.38. The summed E-state index contributed by atoms with van der Waals surface area (Å²) in [5, 5.41) is 2.87. The highest BCUT2D eigenvalue weighted by Gasteiger charge is 2.24. The normalized spacial score (nSPS) is 13.0. The van der Waals surface area contributed by atoms with Crippen LogP contribution in [0.25, 0.3) is 11.0 Å². The molecule has 1 N–H and O–H groups in total. The molecule has 2 heterocycles. The van der Waals surface area contributed by atoms with Crippen LogP contribution in [0.2, 0.25) is 0 Å². The second kappa shape index (κ2) is 10.1. The third-order valence-electron chi connectivity index (χ3n) is 6.41. The van der Waals surface area contributed by atoms with E-state index < -0.39 is 0 Å². The lowest BCUT2D eigenvalue weighted by molar-refractivity contribution is -0.119. The Bertz CT molecular complexity index is 1360. The Morgan fingerprint density at radius 1 is 0.971 bits per heavy atom. The molecular weight excluding hydrogens is 443 g/mol. The van der Waals surface area contributed by atoms with Gasteiger partial charge in [0.15, 0.2) is 0 Å². The van der Waals surface area contributed by atoms with Gasteiger partial charge < -0.3 is 14.8 Å². The Labute approximate surface area is 203 Å². The molecule has 0 bridgehead atoms. The first-order valence-corrected chi connectivity index (χ1v) is 12.0. The monoisotopic (exact) mass is 470 g/mol. The quantitative estimate of drug-likeness (QED) is 0.404. The number of amides is 2. The maximum atomic E-state index is 13.4. The van der Waals surface area contributed by atoms with Crippen LogP contribution in [0.5, 0.6) is 0 Å². The van der Waals surface area contributed by atoms with Crippen molar-refractivity contribution in [2.24, 2.45) is 0 Å². The SMILES string of the molecule is O=C(NCCCc1nc2ccccc2n1CC(=O)N1CCCc2ccccc21)c1ccc(F)cc1. The van der Waals surface area contributed by atoms with Gasteiger partial charge in [-0.3, -0.25) is 9.59 Å². The smallest absolute Gasteiger partial charge is 0.251 e. The summed E-state index contributed by atoms with van der Waals surface area (Å²) in [4.78, 5) is 32.4. The van der Waals surface area contributed by atoms with Gasteiger partial charge in [-0.15, -0.1) is 0 Å². The largest absolute Gasteiger partial charge is 0.352 e. The molecule has 1 aliphatic heterocycles. The Balaban J connectivity index is 1.28. The third kappa shape index (κ3) is 4.94. The van der Waals surface area contributed by atoms with Gasteiger partial charge in [0.1, 0.15) is 18.2 Å². The summed E-state index contributed by atoms with van der Waals surface area (Å²) in [7, 11) is 0. The van der Waals surface area contributed by atoms with Crippen LogP contribution in [0.3, 0.4) is 0 Å². The lowest BCUT2D eigenvalue weighted by Gasteiger charge is -2.29. The molecule has 0 atom stereocenters. The number of carbonyl (C=O) groups is 2. The molecule has 1 aliphatic rings. The van der Waals surface area contributed by atoms with Gasteiger partial charge in [-0.05, 0) is 67.3 Å². The number of halogens is 1. The van der Waals surface area contributed by atoms with Gasteiger partial charge in [-0.2, -0.15) is 0 Å². The molecule has 35 heavy (non-hydrogen) atoms. The number of nitrogens with one attached hydrogen (secondary N) is 1. The van der Waals surface area contributed by atoms with Crippen molar-refractivity contribution >= 4 is 28.5 Å². The van der Waals surface area contributed by atoms with Gasteiger partial charge >= 0.3 is 0 Å². The summed E-state index contributed by atoms with van der Waals surface area (Å²) in [6.07, 6.45) is 3.22. The number of hydrogen-bond acceptors (Lipinski definition) is 3. The second-order valence-corrected chi connectivity index (χ2v) is 8.75. The van der Waals surface area contributed by atoms with Crippen LogP contribution >= 0.6 is 0 Å². The van der Waals surface area contributed by atoms with E-state index in [1.807, 2.05) is 51.9 Å². The van der Waals surface area contributed by atoms with Gasteiger partial charge in [0, 0.05) is 30.8 Å². The standard InChI is InChI=1S/C28H27FN4O2/c29-22-15-13-21(14-16-22)28(35)30-17-5-12-26-31-23-9-2-4-11-25(23)33(26)19-27(34)32-18-6-8-20-7-1-3-10-24(20)32/h1-4,7,9-11,13-16H,5-6,8,12,17-19H2,(H,30,35). The summed E-state index contributed by atoms with van der Waals surface area (Å²) in [6, 6.07) is 21.4.